The van der Waals surface area contributed by atoms with E-state index in [-0.39, 0.29) is 0 Å². The molecule has 1 heteroatoms. The van der Waals surface area contributed by atoms with Gasteiger partial charge in [-0.05, 0) is 27.8 Å². The summed E-state index contributed by atoms with van der Waals surface area (Å²) in [5.41, 5.74) is 6.09. The fourth-order valence-electron chi connectivity index (χ4n) is 2.53. The van der Waals surface area contributed by atoms with Crippen molar-refractivity contribution in [1.29, 1.82) is 0 Å². The summed E-state index contributed by atoms with van der Waals surface area (Å²) in [6.07, 6.45) is 0.852. The Labute approximate surface area is 130 Å². The van der Waals surface area contributed by atoms with E-state index < -0.39 is 0 Å². The Bertz CT molecular complexity index is 799. The summed E-state index contributed by atoms with van der Waals surface area (Å²) in [5.74, 6) is 0. The lowest BCUT2D eigenvalue weighted by atomic mass is 9.91. The standard InChI is InChI=1S/C21H16O/c1-16(18-13-11-17(15-22)12-14-18)20-9-5-6-10-21(20)19-7-3-2-4-8-19/h2-15H,1H2. The number of aldehydes is 1. The van der Waals surface area contributed by atoms with E-state index in [1.54, 1.807) is 0 Å². The van der Waals surface area contributed by atoms with Gasteiger partial charge in [0.25, 0.3) is 0 Å². The molecule has 3 rings (SSSR count). The normalized spacial score (nSPS) is 10.2. The molecule has 0 fully saturated rings. The molecule has 0 aromatic heterocycles. The number of hydrogen-bond donors (Lipinski definition) is 0. The lowest BCUT2D eigenvalue weighted by Gasteiger charge is -2.13. The van der Waals surface area contributed by atoms with Gasteiger partial charge in [0.15, 0.2) is 0 Å². The van der Waals surface area contributed by atoms with E-state index in [0.717, 1.165) is 28.5 Å². The fraction of sp³-hybridized carbons (Fsp3) is 0. The zero-order chi connectivity index (χ0) is 15.4. The van der Waals surface area contributed by atoms with Crippen LogP contribution in [0.5, 0.6) is 0 Å². The molecule has 0 radical (unpaired) electrons. The van der Waals surface area contributed by atoms with E-state index in [2.05, 4.69) is 30.8 Å². The highest BCUT2D eigenvalue weighted by molar-refractivity contribution is 5.88. The van der Waals surface area contributed by atoms with Crippen LogP contribution in [0.25, 0.3) is 16.7 Å². The predicted octanol–water partition coefficient (Wildman–Crippen LogP) is 5.23. The number of benzene rings is 3. The van der Waals surface area contributed by atoms with Gasteiger partial charge < -0.3 is 0 Å². The average Bonchev–Trinajstić information content (AvgIpc) is 2.62. The van der Waals surface area contributed by atoms with E-state index in [0.29, 0.717) is 5.56 Å². The summed E-state index contributed by atoms with van der Waals surface area (Å²) in [6, 6.07) is 26.0. The average molecular weight is 284 g/mol. The minimum Gasteiger partial charge on any atom is -0.298 e. The van der Waals surface area contributed by atoms with E-state index in [4.69, 9.17) is 0 Å². The lowest BCUT2D eigenvalue weighted by molar-refractivity contribution is 0.112. The highest BCUT2D eigenvalue weighted by Crippen LogP contribution is 2.31. The molecule has 0 unspecified atom stereocenters. The van der Waals surface area contributed by atoms with Gasteiger partial charge in [-0.2, -0.15) is 0 Å². The third-order valence-corrected chi connectivity index (χ3v) is 3.73. The fourth-order valence-corrected chi connectivity index (χ4v) is 2.53. The minimum absolute atomic E-state index is 0.674. The highest BCUT2D eigenvalue weighted by atomic mass is 16.1. The van der Waals surface area contributed by atoms with E-state index in [1.165, 1.54) is 5.56 Å². The Morgan fingerprint density at radius 1 is 0.773 bits per heavy atom. The third-order valence-electron chi connectivity index (χ3n) is 3.73. The summed E-state index contributed by atoms with van der Waals surface area (Å²) < 4.78 is 0. The molecule has 0 bridgehead atoms. The quantitative estimate of drug-likeness (QED) is 0.600. The summed E-state index contributed by atoms with van der Waals surface area (Å²) >= 11 is 0. The lowest BCUT2D eigenvalue weighted by Crippen LogP contribution is -1.91. The van der Waals surface area contributed by atoms with Crippen molar-refractivity contribution in [2.45, 2.75) is 0 Å². The first kappa shape index (κ1) is 14.0. The molecule has 0 N–H and O–H groups in total. The van der Waals surface area contributed by atoms with Crippen molar-refractivity contribution in [3.63, 3.8) is 0 Å². The third kappa shape index (κ3) is 2.75. The van der Waals surface area contributed by atoms with Gasteiger partial charge in [0.2, 0.25) is 0 Å². The Morgan fingerprint density at radius 3 is 2.09 bits per heavy atom. The zero-order valence-corrected chi connectivity index (χ0v) is 12.2. The van der Waals surface area contributed by atoms with Crippen LogP contribution >= 0.6 is 0 Å². The smallest absolute Gasteiger partial charge is 0.150 e. The van der Waals surface area contributed by atoms with Gasteiger partial charge in [0.1, 0.15) is 6.29 Å². The van der Waals surface area contributed by atoms with Crippen LogP contribution in [0, 0.1) is 0 Å². The Balaban J connectivity index is 2.04. The molecular weight excluding hydrogens is 268 g/mol. The van der Waals surface area contributed by atoms with Crippen LogP contribution in [-0.2, 0) is 0 Å². The molecule has 0 aliphatic carbocycles. The molecular formula is C21H16O. The maximum atomic E-state index is 10.8. The topological polar surface area (TPSA) is 17.1 Å². The summed E-state index contributed by atoms with van der Waals surface area (Å²) in [6.45, 7) is 4.25. The van der Waals surface area contributed by atoms with E-state index >= 15 is 0 Å². The molecule has 22 heavy (non-hydrogen) atoms. The number of rotatable bonds is 4. The maximum Gasteiger partial charge on any atom is 0.150 e. The van der Waals surface area contributed by atoms with Crippen LogP contribution in [0.4, 0.5) is 0 Å². The van der Waals surface area contributed by atoms with Gasteiger partial charge >= 0.3 is 0 Å². The first-order chi connectivity index (χ1) is 10.8. The first-order valence-corrected chi connectivity index (χ1v) is 7.19. The van der Waals surface area contributed by atoms with Crippen LogP contribution in [-0.4, -0.2) is 6.29 Å². The van der Waals surface area contributed by atoms with Gasteiger partial charge in [-0.15, -0.1) is 0 Å². The molecule has 0 atom stereocenters. The number of hydrogen-bond acceptors (Lipinski definition) is 1. The van der Waals surface area contributed by atoms with Gasteiger partial charge in [-0.3, -0.25) is 4.79 Å². The second-order valence-electron chi connectivity index (χ2n) is 5.13. The highest BCUT2D eigenvalue weighted by Gasteiger charge is 2.09. The van der Waals surface area contributed by atoms with Crippen LogP contribution in [0.15, 0.2) is 85.4 Å². The first-order valence-electron chi connectivity index (χ1n) is 7.19. The van der Waals surface area contributed by atoms with Crippen molar-refractivity contribution in [1.82, 2.24) is 0 Å². The number of carbonyl (C=O) groups is 1. The Kier molecular flexibility index (Phi) is 3.97. The molecule has 106 valence electrons. The van der Waals surface area contributed by atoms with Gasteiger partial charge in [0, 0.05) is 5.56 Å². The van der Waals surface area contributed by atoms with Crippen molar-refractivity contribution in [3.05, 3.63) is 102 Å². The molecule has 0 amide bonds. The van der Waals surface area contributed by atoms with Crippen molar-refractivity contribution < 1.29 is 4.79 Å². The van der Waals surface area contributed by atoms with Crippen LogP contribution in [0.3, 0.4) is 0 Å². The molecule has 3 aromatic carbocycles. The minimum atomic E-state index is 0.674. The molecule has 0 saturated carbocycles. The molecule has 1 nitrogen and oxygen atoms in total. The maximum absolute atomic E-state index is 10.8. The predicted molar refractivity (Wildman–Crippen MR) is 91.8 cm³/mol. The Hall–Kier alpha value is -2.93. The monoisotopic (exact) mass is 284 g/mol. The van der Waals surface area contributed by atoms with Gasteiger partial charge in [-0.25, -0.2) is 0 Å². The van der Waals surface area contributed by atoms with Crippen LogP contribution < -0.4 is 0 Å². The molecule has 0 aliphatic rings. The molecule has 3 aromatic rings. The van der Waals surface area contributed by atoms with Gasteiger partial charge in [0.05, 0.1) is 0 Å². The second-order valence-corrected chi connectivity index (χ2v) is 5.13. The van der Waals surface area contributed by atoms with Crippen molar-refractivity contribution in [3.8, 4) is 11.1 Å². The van der Waals surface area contributed by atoms with Gasteiger partial charge in [-0.1, -0.05) is 85.4 Å². The van der Waals surface area contributed by atoms with Crippen molar-refractivity contribution in [2.24, 2.45) is 0 Å². The second kappa shape index (κ2) is 6.23. The SMILES string of the molecule is C=C(c1ccc(C=O)cc1)c1ccccc1-c1ccccc1. The number of carbonyl (C=O) groups excluding carboxylic acids is 1. The van der Waals surface area contributed by atoms with E-state index in [9.17, 15) is 4.79 Å². The molecule has 0 heterocycles. The molecule has 0 spiro atoms. The summed E-state index contributed by atoms with van der Waals surface area (Å²) in [5, 5.41) is 0. The van der Waals surface area contributed by atoms with E-state index in [1.807, 2.05) is 54.6 Å². The van der Waals surface area contributed by atoms with Crippen molar-refractivity contribution in [2.75, 3.05) is 0 Å². The van der Waals surface area contributed by atoms with Crippen LogP contribution in [0.2, 0.25) is 0 Å². The zero-order valence-electron chi connectivity index (χ0n) is 12.2. The summed E-state index contributed by atoms with van der Waals surface area (Å²) in [4.78, 5) is 10.8. The Morgan fingerprint density at radius 2 is 1.41 bits per heavy atom. The van der Waals surface area contributed by atoms with Crippen LogP contribution in [0.1, 0.15) is 21.5 Å². The summed E-state index contributed by atoms with van der Waals surface area (Å²) in [7, 11) is 0. The molecule has 0 saturated heterocycles. The van der Waals surface area contributed by atoms with Crippen molar-refractivity contribution >= 4 is 11.9 Å². The molecule has 0 aliphatic heterocycles. The largest absolute Gasteiger partial charge is 0.298 e.